The van der Waals surface area contributed by atoms with Gasteiger partial charge in [0.25, 0.3) is 0 Å². The highest BCUT2D eigenvalue weighted by atomic mass is 16.7. The molecule has 3 rings (SSSR count). The average Bonchev–Trinajstić information content (AvgIpc) is 2.86. The predicted octanol–water partition coefficient (Wildman–Crippen LogP) is 2.11. The van der Waals surface area contributed by atoms with Gasteiger partial charge in [-0.05, 0) is 53.1 Å². The van der Waals surface area contributed by atoms with Crippen LogP contribution in [0, 0.1) is 0 Å². The van der Waals surface area contributed by atoms with Crippen LogP contribution in [-0.2, 0) is 15.9 Å². The van der Waals surface area contributed by atoms with E-state index >= 15 is 0 Å². The smallest absolute Gasteiger partial charge is 0.399 e. The van der Waals surface area contributed by atoms with Crippen LogP contribution in [0.25, 0.3) is 10.9 Å². The molecule has 1 aliphatic rings. The second kappa shape index (κ2) is 5.06. The number of hydrogen-bond donors (Lipinski definition) is 1. The predicted molar refractivity (Wildman–Crippen MR) is 91.7 cm³/mol. The van der Waals surface area contributed by atoms with E-state index in [0.717, 1.165) is 16.4 Å². The van der Waals surface area contributed by atoms with Crippen LogP contribution in [0.4, 0.5) is 0 Å². The standard InChI is InChI=1S/C17H25BN2O3/c1-15(2,21)11-20-14-8-7-13(9-12(14)10-19-20)18-22-16(3,4)17(5,6)23-18/h7-10,21H,11H2,1-6H3. The van der Waals surface area contributed by atoms with Gasteiger partial charge in [-0.25, -0.2) is 0 Å². The molecule has 0 amide bonds. The highest BCUT2D eigenvalue weighted by molar-refractivity contribution is 6.62. The number of rotatable bonds is 3. The van der Waals surface area contributed by atoms with Crippen molar-refractivity contribution in [2.45, 2.75) is 64.9 Å². The van der Waals surface area contributed by atoms with Crippen molar-refractivity contribution in [2.24, 2.45) is 0 Å². The van der Waals surface area contributed by atoms with E-state index in [1.807, 2.05) is 56.8 Å². The van der Waals surface area contributed by atoms with E-state index in [1.165, 1.54) is 0 Å². The first-order valence-corrected chi connectivity index (χ1v) is 8.02. The number of nitrogens with zero attached hydrogens (tertiary/aromatic N) is 2. The van der Waals surface area contributed by atoms with Crippen LogP contribution in [-0.4, -0.2) is 38.8 Å². The van der Waals surface area contributed by atoms with Gasteiger partial charge < -0.3 is 14.4 Å². The third kappa shape index (κ3) is 3.03. The fourth-order valence-electron chi connectivity index (χ4n) is 2.72. The summed E-state index contributed by atoms with van der Waals surface area (Å²) >= 11 is 0. The van der Waals surface area contributed by atoms with Crippen LogP contribution in [0.5, 0.6) is 0 Å². The average molecular weight is 316 g/mol. The van der Waals surface area contributed by atoms with Crippen molar-refractivity contribution in [1.29, 1.82) is 0 Å². The lowest BCUT2D eigenvalue weighted by atomic mass is 9.79. The molecule has 1 saturated heterocycles. The second-order valence-electron chi connectivity index (χ2n) is 8.02. The van der Waals surface area contributed by atoms with Gasteiger partial charge in [-0.15, -0.1) is 0 Å². The Labute approximate surface area is 137 Å². The molecule has 1 fully saturated rings. The minimum absolute atomic E-state index is 0.349. The van der Waals surface area contributed by atoms with E-state index in [9.17, 15) is 5.11 Å². The maximum absolute atomic E-state index is 9.99. The maximum atomic E-state index is 9.99. The van der Waals surface area contributed by atoms with Crippen LogP contribution >= 0.6 is 0 Å². The molecule has 5 nitrogen and oxygen atoms in total. The van der Waals surface area contributed by atoms with Crippen LogP contribution in [0.3, 0.4) is 0 Å². The molecule has 1 aromatic heterocycles. The third-order valence-corrected chi connectivity index (χ3v) is 4.73. The first-order chi connectivity index (χ1) is 10.5. The molecule has 2 heterocycles. The molecule has 0 aliphatic carbocycles. The van der Waals surface area contributed by atoms with E-state index in [2.05, 4.69) is 5.10 Å². The van der Waals surface area contributed by atoms with Gasteiger partial charge in [0.2, 0.25) is 0 Å². The summed E-state index contributed by atoms with van der Waals surface area (Å²) in [6.07, 6.45) is 1.82. The van der Waals surface area contributed by atoms with Gasteiger partial charge in [-0.2, -0.15) is 5.10 Å². The Balaban J connectivity index is 1.91. The van der Waals surface area contributed by atoms with E-state index in [-0.39, 0.29) is 18.3 Å². The summed E-state index contributed by atoms with van der Waals surface area (Å²) in [4.78, 5) is 0. The molecule has 1 aliphatic heterocycles. The fourth-order valence-corrected chi connectivity index (χ4v) is 2.72. The first kappa shape index (κ1) is 16.5. The minimum Gasteiger partial charge on any atom is -0.399 e. The van der Waals surface area contributed by atoms with E-state index < -0.39 is 5.60 Å². The van der Waals surface area contributed by atoms with E-state index in [4.69, 9.17) is 9.31 Å². The minimum atomic E-state index is -0.802. The molecule has 2 aromatic rings. The largest absolute Gasteiger partial charge is 0.494 e. The zero-order chi connectivity index (χ0) is 17.0. The van der Waals surface area contributed by atoms with Crippen molar-refractivity contribution < 1.29 is 14.4 Å². The summed E-state index contributed by atoms with van der Waals surface area (Å²) in [6.45, 7) is 12.2. The number of aliphatic hydroxyl groups is 1. The summed E-state index contributed by atoms with van der Waals surface area (Å²) < 4.78 is 14.0. The quantitative estimate of drug-likeness (QED) is 0.881. The fraction of sp³-hybridized carbons (Fsp3) is 0.588. The summed E-state index contributed by atoms with van der Waals surface area (Å²) in [6, 6.07) is 6.06. The Morgan fingerprint density at radius 1 is 1.17 bits per heavy atom. The lowest BCUT2D eigenvalue weighted by Crippen LogP contribution is -2.41. The Morgan fingerprint density at radius 3 is 2.35 bits per heavy atom. The monoisotopic (exact) mass is 316 g/mol. The van der Waals surface area contributed by atoms with Gasteiger partial charge in [0.1, 0.15) is 0 Å². The number of aromatic nitrogens is 2. The molecule has 6 heteroatoms. The maximum Gasteiger partial charge on any atom is 0.494 e. The van der Waals surface area contributed by atoms with Crippen molar-refractivity contribution in [3.8, 4) is 0 Å². The van der Waals surface area contributed by atoms with E-state index in [0.29, 0.717) is 6.54 Å². The van der Waals surface area contributed by atoms with Gasteiger partial charge in [-0.1, -0.05) is 12.1 Å². The normalized spacial score (nSPS) is 20.4. The molecule has 23 heavy (non-hydrogen) atoms. The Morgan fingerprint density at radius 2 is 1.78 bits per heavy atom. The molecule has 0 spiro atoms. The molecule has 0 radical (unpaired) electrons. The third-order valence-electron chi connectivity index (χ3n) is 4.73. The number of hydrogen-bond acceptors (Lipinski definition) is 4. The highest BCUT2D eigenvalue weighted by Crippen LogP contribution is 2.36. The van der Waals surface area contributed by atoms with Gasteiger partial charge in [0, 0.05) is 5.39 Å². The van der Waals surface area contributed by atoms with Gasteiger partial charge in [0.05, 0.1) is 35.1 Å². The molecular weight excluding hydrogens is 291 g/mol. The lowest BCUT2D eigenvalue weighted by molar-refractivity contribution is 0.00578. The topological polar surface area (TPSA) is 56.5 Å². The van der Waals surface area contributed by atoms with Crippen molar-refractivity contribution >= 4 is 23.5 Å². The Bertz CT molecular complexity index is 715. The van der Waals surface area contributed by atoms with Gasteiger partial charge in [0.15, 0.2) is 0 Å². The number of benzene rings is 1. The van der Waals surface area contributed by atoms with Crippen LogP contribution in [0.2, 0.25) is 0 Å². The zero-order valence-electron chi connectivity index (χ0n) is 14.8. The van der Waals surface area contributed by atoms with Gasteiger partial charge in [-0.3, -0.25) is 4.68 Å². The molecule has 0 unspecified atom stereocenters. The Hall–Kier alpha value is -1.37. The molecule has 1 N–H and O–H groups in total. The summed E-state index contributed by atoms with van der Waals surface area (Å²) in [5.74, 6) is 0. The summed E-state index contributed by atoms with van der Waals surface area (Å²) in [5, 5.41) is 15.4. The highest BCUT2D eigenvalue weighted by Gasteiger charge is 2.51. The number of fused-ring (bicyclic) bond motifs is 1. The van der Waals surface area contributed by atoms with Crippen molar-refractivity contribution in [2.75, 3.05) is 0 Å². The van der Waals surface area contributed by atoms with Crippen molar-refractivity contribution in [1.82, 2.24) is 9.78 Å². The molecule has 0 saturated carbocycles. The van der Waals surface area contributed by atoms with Crippen LogP contribution in [0.1, 0.15) is 41.5 Å². The van der Waals surface area contributed by atoms with Crippen LogP contribution < -0.4 is 5.46 Å². The Kier molecular flexibility index (Phi) is 3.63. The molecule has 1 aromatic carbocycles. The van der Waals surface area contributed by atoms with Crippen LogP contribution in [0.15, 0.2) is 24.4 Å². The molecule has 124 valence electrons. The van der Waals surface area contributed by atoms with E-state index in [1.54, 1.807) is 13.8 Å². The lowest BCUT2D eigenvalue weighted by Gasteiger charge is -2.32. The van der Waals surface area contributed by atoms with Crippen molar-refractivity contribution in [3.05, 3.63) is 24.4 Å². The van der Waals surface area contributed by atoms with Crippen molar-refractivity contribution in [3.63, 3.8) is 0 Å². The van der Waals surface area contributed by atoms with Gasteiger partial charge >= 0.3 is 7.12 Å². The molecule has 0 atom stereocenters. The molecule has 0 bridgehead atoms. The summed E-state index contributed by atoms with van der Waals surface area (Å²) in [5.41, 5.74) is 0.477. The first-order valence-electron chi connectivity index (χ1n) is 8.02. The summed E-state index contributed by atoms with van der Waals surface area (Å²) in [7, 11) is -0.373. The second-order valence-corrected chi connectivity index (χ2v) is 8.02. The zero-order valence-corrected chi connectivity index (χ0v) is 14.8. The SMILES string of the molecule is CC(C)(O)Cn1ncc2cc(B3OC(C)(C)C(C)(C)O3)ccc21. The molecular formula is C17H25BN2O3.